The second-order valence-electron chi connectivity index (χ2n) is 7.10. The van der Waals surface area contributed by atoms with E-state index in [0.29, 0.717) is 5.92 Å². The van der Waals surface area contributed by atoms with Crippen LogP contribution in [0.5, 0.6) is 0 Å². The quantitative estimate of drug-likeness (QED) is 0.652. The number of rotatable bonds is 4. The van der Waals surface area contributed by atoms with Crippen molar-refractivity contribution in [3.63, 3.8) is 0 Å². The van der Waals surface area contributed by atoms with Gasteiger partial charge in [-0.25, -0.2) is 9.97 Å². The summed E-state index contributed by atoms with van der Waals surface area (Å²) in [6.45, 7) is 2.06. The number of H-pyrrole nitrogens is 1. The summed E-state index contributed by atoms with van der Waals surface area (Å²) in [4.78, 5) is 24.7. The van der Waals surface area contributed by atoms with Gasteiger partial charge in [-0.05, 0) is 50.7 Å². The number of hydrogen-bond acceptors (Lipinski definition) is 5. The van der Waals surface area contributed by atoms with Gasteiger partial charge in [0.05, 0.1) is 11.4 Å². The lowest BCUT2D eigenvalue weighted by molar-refractivity contribution is -0.121. The molecule has 136 valence electrons. The maximum absolute atomic E-state index is 12.7. The average molecular weight is 369 g/mol. The minimum atomic E-state index is 0.0607. The lowest BCUT2D eigenvalue weighted by Gasteiger charge is -2.30. The monoisotopic (exact) mass is 369 g/mol. The Hall–Kier alpha value is -2.25. The second kappa shape index (κ2) is 7.17. The SMILES string of the molecule is C[C@@H](N)[C@H]1CC[C@H](C(=O)Nc2ccnc3[nH]c(-c4nccs4)cc23)CC1. The van der Waals surface area contributed by atoms with Crippen molar-refractivity contribution in [2.45, 2.75) is 38.6 Å². The van der Waals surface area contributed by atoms with Gasteiger partial charge in [0.2, 0.25) is 5.91 Å². The summed E-state index contributed by atoms with van der Waals surface area (Å²) < 4.78 is 0. The topological polar surface area (TPSA) is 96.7 Å². The van der Waals surface area contributed by atoms with Gasteiger partial charge in [0, 0.05) is 35.1 Å². The van der Waals surface area contributed by atoms with Crippen LogP contribution in [0.2, 0.25) is 0 Å². The molecule has 4 rings (SSSR count). The maximum Gasteiger partial charge on any atom is 0.227 e. The number of aromatic amines is 1. The van der Waals surface area contributed by atoms with Crippen molar-refractivity contribution < 1.29 is 4.79 Å². The molecule has 4 N–H and O–H groups in total. The summed E-state index contributed by atoms with van der Waals surface area (Å²) in [5, 5.41) is 6.87. The zero-order valence-corrected chi connectivity index (χ0v) is 15.6. The molecule has 3 aromatic rings. The molecule has 0 aromatic carbocycles. The van der Waals surface area contributed by atoms with Gasteiger partial charge in [-0.1, -0.05) is 0 Å². The van der Waals surface area contributed by atoms with Crippen molar-refractivity contribution in [3.05, 3.63) is 29.9 Å². The fourth-order valence-corrected chi connectivity index (χ4v) is 4.36. The van der Waals surface area contributed by atoms with Crippen molar-refractivity contribution in [2.24, 2.45) is 17.6 Å². The lowest BCUT2D eigenvalue weighted by Crippen LogP contribution is -2.33. The Morgan fingerprint density at radius 3 is 2.81 bits per heavy atom. The molecule has 0 aliphatic heterocycles. The van der Waals surface area contributed by atoms with Gasteiger partial charge in [-0.3, -0.25) is 4.79 Å². The summed E-state index contributed by atoms with van der Waals surface area (Å²) in [5.74, 6) is 0.695. The first-order valence-corrected chi connectivity index (χ1v) is 9.94. The largest absolute Gasteiger partial charge is 0.337 e. The smallest absolute Gasteiger partial charge is 0.227 e. The van der Waals surface area contributed by atoms with Crippen molar-refractivity contribution in [1.82, 2.24) is 15.0 Å². The van der Waals surface area contributed by atoms with E-state index >= 15 is 0 Å². The van der Waals surface area contributed by atoms with E-state index in [4.69, 9.17) is 5.73 Å². The van der Waals surface area contributed by atoms with Crippen LogP contribution in [0.25, 0.3) is 21.7 Å². The first kappa shape index (κ1) is 17.2. The van der Waals surface area contributed by atoms with Gasteiger partial charge < -0.3 is 16.0 Å². The molecule has 6 nitrogen and oxygen atoms in total. The molecular formula is C19H23N5OS. The second-order valence-corrected chi connectivity index (χ2v) is 8.00. The van der Waals surface area contributed by atoms with Gasteiger partial charge in [0.15, 0.2) is 0 Å². The van der Waals surface area contributed by atoms with E-state index in [9.17, 15) is 4.79 Å². The van der Waals surface area contributed by atoms with Crippen molar-refractivity contribution >= 4 is 34.0 Å². The summed E-state index contributed by atoms with van der Waals surface area (Å²) in [6.07, 6.45) is 7.36. The van der Waals surface area contributed by atoms with Gasteiger partial charge in [0.25, 0.3) is 0 Å². The number of carbonyl (C=O) groups excluding carboxylic acids is 1. The molecule has 1 aliphatic carbocycles. The van der Waals surface area contributed by atoms with Crippen LogP contribution in [0, 0.1) is 11.8 Å². The Morgan fingerprint density at radius 1 is 1.31 bits per heavy atom. The molecule has 0 unspecified atom stereocenters. The predicted molar refractivity (Wildman–Crippen MR) is 105 cm³/mol. The van der Waals surface area contributed by atoms with Crippen molar-refractivity contribution in [3.8, 4) is 10.7 Å². The highest BCUT2D eigenvalue weighted by Crippen LogP contribution is 2.33. The Kier molecular flexibility index (Phi) is 4.74. The molecule has 1 amide bonds. The lowest BCUT2D eigenvalue weighted by atomic mass is 9.79. The van der Waals surface area contributed by atoms with E-state index < -0.39 is 0 Å². The highest BCUT2D eigenvalue weighted by Gasteiger charge is 2.28. The third kappa shape index (κ3) is 3.37. The normalized spacial score (nSPS) is 21.6. The number of hydrogen-bond donors (Lipinski definition) is 3. The summed E-state index contributed by atoms with van der Waals surface area (Å²) in [7, 11) is 0. The third-order valence-electron chi connectivity index (χ3n) is 5.34. The van der Waals surface area contributed by atoms with Crippen LogP contribution in [0.3, 0.4) is 0 Å². The van der Waals surface area contributed by atoms with Crippen molar-refractivity contribution in [2.75, 3.05) is 5.32 Å². The number of nitrogens with two attached hydrogens (primary N) is 1. The number of anilines is 1. The van der Waals surface area contributed by atoms with Gasteiger partial charge >= 0.3 is 0 Å². The van der Waals surface area contributed by atoms with Crippen LogP contribution in [-0.4, -0.2) is 26.9 Å². The first-order chi connectivity index (χ1) is 12.6. The minimum absolute atomic E-state index is 0.0607. The molecule has 1 atom stereocenters. The summed E-state index contributed by atoms with van der Waals surface area (Å²) in [5.41, 5.74) is 8.48. The molecule has 0 spiro atoms. The zero-order valence-electron chi connectivity index (χ0n) is 14.7. The minimum Gasteiger partial charge on any atom is -0.337 e. The van der Waals surface area contributed by atoms with Crippen LogP contribution in [-0.2, 0) is 4.79 Å². The van der Waals surface area contributed by atoms with E-state index in [1.807, 2.05) is 17.5 Å². The fraction of sp³-hybridized carbons (Fsp3) is 0.421. The Balaban J connectivity index is 1.51. The average Bonchev–Trinajstić information content (AvgIpc) is 3.31. The maximum atomic E-state index is 12.7. The number of nitrogens with zero attached hydrogens (tertiary/aromatic N) is 2. The Morgan fingerprint density at radius 2 is 2.12 bits per heavy atom. The van der Waals surface area contributed by atoms with E-state index in [0.717, 1.165) is 53.1 Å². The number of thiazole rings is 1. The van der Waals surface area contributed by atoms with Crippen LogP contribution in [0.15, 0.2) is 29.9 Å². The summed E-state index contributed by atoms with van der Waals surface area (Å²) in [6, 6.07) is 4.07. The van der Waals surface area contributed by atoms with Crippen LogP contribution in [0.1, 0.15) is 32.6 Å². The van der Waals surface area contributed by atoms with Crippen LogP contribution >= 0.6 is 11.3 Å². The number of nitrogens with one attached hydrogen (secondary N) is 2. The summed E-state index contributed by atoms with van der Waals surface area (Å²) >= 11 is 1.57. The standard InChI is InChI=1S/C19H23N5OS/c1-11(20)12-2-4-13(5-3-12)18(25)24-15-6-7-21-17-14(15)10-16(23-17)19-22-8-9-26-19/h6-13H,2-5,20H2,1H3,(H2,21,23,24,25)/t11-,12-,13-/m1/s1. The number of pyridine rings is 1. The number of fused-ring (bicyclic) bond motifs is 1. The van der Waals surface area contributed by atoms with Crippen LogP contribution < -0.4 is 11.1 Å². The van der Waals surface area contributed by atoms with E-state index in [2.05, 4.69) is 27.2 Å². The molecule has 1 aliphatic rings. The molecule has 0 radical (unpaired) electrons. The number of amides is 1. The molecule has 26 heavy (non-hydrogen) atoms. The molecule has 0 bridgehead atoms. The van der Waals surface area contributed by atoms with E-state index in [1.165, 1.54) is 0 Å². The Labute approximate surface area is 156 Å². The van der Waals surface area contributed by atoms with Gasteiger partial charge in [0.1, 0.15) is 10.7 Å². The van der Waals surface area contributed by atoms with Gasteiger partial charge in [-0.2, -0.15) is 0 Å². The first-order valence-electron chi connectivity index (χ1n) is 9.06. The fourth-order valence-electron chi connectivity index (χ4n) is 3.75. The molecule has 3 aromatic heterocycles. The highest BCUT2D eigenvalue weighted by atomic mass is 32.1. The van der Waals surface area contributed by atoms with Crippen molar-refractivity contribution in [1.29, 1.82) is 0 Å². The van der Waals surface area contributed by atoms with E-state index in [-0.39, 0.29) is 17.9 Å². The molecular weight excluding hydrogens is 346 g/mol. The molecule has 7 heteroatoms. The van der Waals surface area contributed by atoms with Crippen LogP contribution in [0.4, 0.5) is 5.69 Å². The molecule has 1 saturated carbocycles. The molecule has 3 heterocycles. The highest BCUT2D eigenvalue weighted by molar-refractivity contribution is 7.13. The predicted octanol–water partition coefficient (Wildman–Crippen LogP) is 3.78. The third-order valence-corrected chi connectivity index (χ3v) is 6.15. The van der Waals surface area contributed by atoms with Gasteiger partial charge in [-0.15, -0.1) is 11.3 Å². The number of carbonyl (C=O) groups is 1. The molecule has 1 fully saturated rings. The zero-order chi connectivity index (χ0) is 18.1. The number of aromatic nitrogens is 3. The molecule has 0 saturated heterocycles. The Bertz CT molecular complexity index is 894. The van der Waals surface area contributed by atoms with E-state index in [1.54, 1.807) is 23.7 Å².